The fourth-order valence-electron chi connectivity index (χ4n) is 4.19. The number of esters is 2. The van der Waals surface area contributed by atoms with Gasteiger partial charge in [-0.15, -0.1) is 0 Å². The number of aryl methyl sites for hydroxylation is 2. The molecule has 9 nitrogen and oxygen atoms in total. The van der Waals surface area contributed by atoms with Gasteiger partial charge < -0.3 is 24.2 Å². The van der Waals surface area contributed by atoms with Crippen LogP contribution in [0.15, 0.2) is 53.7 Å². The largest absolute Gasteiger partial charge is 0.478 e. The highest BCUT2D eigenvalue weighted by atomic mass is 16.5. The first-order valence-corrected chi connectivity index (χ1v) is 10.8. The van der Waals surface area contributed by atoms with Crippen molar-refractivity contribution in [1.29, 1.82) is 0 Å². The van der Waals surface area contributed by atoms with Crippen LogP contribution < -0.4 is 4.90 Å². The maximum atomic E-state index is 12.6. The summed E-state index contributed by atoms with van der Waals surface area (Å²) >= 11 is 0. The van der Waals surface area contributed by atoms with E-state index in [1.165, 1.54) is 25.2 Å². The summed E-state index contributed by atoms with van der Waals surface area (Å²) < 4.78 is 15.3. The summed E-state index contributed by atoms with van der Waals surface area (Å²) in [7, 11) is 2.45. The van der Waals surface area contributed by atoms with Crippen molar-refractivity contribution >= 4 is 34.5 Å². The minimum absolute atomic E-state index is 0.00170. The van der Waals surface area contributed by atoms with Crippen molar-refractivity contribution in [3.8, 4) is 11.3 Å². The number of carbonyl (C=O) groups excluding carboxylic acids is 2. The molecule has 1 N–H and O–H groups in total. The number of pyridine rings is 1. The van der Waals surface area contributed by atoms with Crippen LogP contribution >= 0.6 is 0 Å². The van der Waals surface area contributed by atoms with Crippen molar-refractivity contribution in [2.24, 2.45) is 0 Å². The molecular formula is C26H24N2O7. The maximum absolute atomic E-state index is 12.6. The Bertz CT molecular complexity index is 1390. The van der Waals surface area contributed by atoms with Gasteiger partial charge in [0.25, 0.3) is 0 Å². The number of aromatic carboxylic acids is 1. The molecule has 0 amide bonds. The number of anilines is 1. The average molecular weight is 476 g/mol. The zero-order chi connectivity index (χ0) is 25.3. The summed E-state index contributed by atoms with van der Waals surface area (Å²) in [4.78, 5) is 43.2. The van der Waals surface area contributed by atoms with E-state index in [1.54, 1.807) is 24.3 Å². The van der Waals surface area contributed by atoms with Gasteiger partial charge in [0, 0.05) is 16.6 Å². The van der Waals surface area contributed by atoms with Gasteiger partial charge in [0.1, 0.15) is 12.4 Å². The Morgan fingerprint density at radius 2 is 1.77 bits per heavy atom. The highest BCUT2D eigenvalue weighted by molar-refractivity contribution is 6.05. The zero-order valence-electron chi connectivity index (χ0n) is 19.7. The molecule has 0 saturated heterocycles. The fourth-order valence-corrected chi connectivity index (χ4v) is 4.19. The van der Waals surface area contributed by atoms with Gasteiger partial charge in [0.15, 0.2) is 0 Å². The lowest BCUT2D eigenvalue weighted by molar-refractivity contribution is -0.140. The van der Waals surface area contributed by atoms with E-state index in [4.69, 9.17) is 19.2 Å². The molecule has 0 saturated carbocycles. The maximum Gasteiger partial charge on any atom is 0.355 e. The molecule has 35 heavy (non-hydrogen) atoms. The number of carbonyl (C=O) groups is 3. The molecule has 0 fully saturated rings. The monoisotopic (exact) mass is 476 g/mol. The van der Waals surface area contributed by atoms with E-state index in [0.717, 1.165) is 11.1 Å². The van der Waals surface area contributed by atoms with E-state index >= 15 is 0 Å². The standard InChI is InChI=1S/C26H24N2O7/c1-14-8-15(2)22-18(9-14)19(24(29)30)11-21(27-22)16-6-5-7-17(10-16)28-13-35-12-20(25(31)33-3)23(28)26(32)34-4/h5-11H,12-13H2,1-4H3,(H,29,30). The molecule has 0 aliphatic carbocycles. The number of ether oxygens (including phenoxy) is 3. The number of fused-ring (bicyclic) bond motifs is 1. The van der Waals surface area contributed by atoms with Crippen molar-refractivity contribution in [3.05, 3.63) is 70.4 Å². The first-order chi connectivity index (χ1) is 16.7. The third-order valence-electron chi connectivity index (χ3n) is 5.77. The smallest absolute Gasteiger partial charge is 0.355 e. The zero-order valence-corrected chi connectivity index (χ0v) is 19.7. The van der Waals surface area contributed by atoms with Gasteiger partial charge in [-0.25, -0.2) is 19.4 Å². The highest BCUT2D eigenvalue weighted by Gasteiger charge is 2.32. The Labute approximate surface area is 201 Å². The molecule has 0 spiro atoms. The predicted octanol–water partition coefficient (Wildman–Crippen LogP) is 3.61. The molecule has 0 unspecified atom stereocenters. The molecule has 0 bridgehead atoms. The van der Waals surface area contributed by atoms with Gasteiger partial charge in [0.05, 0.1) is 43.2 Å². The summed E-state index contributed by atoms with van der Waals surface area (Å²) in [5, 5.41) is 10.4. The molecule has 0 atom stereocenters. The number of methoxy groups -OCH3 is 2. The molecule has 2 aromatic carbocycles. The van der Waals surface area contributed by atoms with E-state index in [1.807, 2.05) is 26.0 Å². The van der Waals surface area contributed by atoms with E-state index in [9.17, 15) is 19.5 Å². The number of rotatable bonds is 5. The molecule has 1 aromatic heterocycles. The summed E-state index contributed by atoms with van der Waals surface area (Å²) in [6, 6.07) is 12.3. The topological polar surface area (TPSA) is 115 Å². The molecule has 9 heteroatoms. The minimum atomic E-state index is -1.05. The average Bonchev–Trinajstić information content (AvgIpc) is 2.86. The van der Waals surface area contributed by atoms with Gasteiger partial charge in [-0.1, -0.05) is 23.8 Å². The van der Waals surface area contributed by atoms with Gasteiger partial charge in [-0.05, 0) is 43.7 Å². The van der Waals surface area contributed by atoms with Crippen LogP contribution in [0.1, 0.15) is 21.5 Å². The number of carboxylic acids is 1. The Hall–Kier alpha value is -4.24. The molecule has 1 aliphatic rings. The van der Waals surface area contributed by atoms with Crippen LogP contribution in [0.25, 0.3) is 22.2 Å². The summed E-state index contributed by atoms with van der Waals surface area (Å²) in [6.45, 7) is 3.70. The van der Waals surface area contributed by atoms with E-state index in [2.05, 4.69) is 0 Å². The lowest BCUT2D eigenvalue weighted by atomic mass is 9.99. The number of aromatic nitrogens is 1. The van der Waals surface area contributed by atoms with Crippen LogP contribution in [0.4, 0.5) is 5.69 Å². The Morgan fingerprint density at radius 3 is 2.46 bits per heavy atom. The Kier molecular flexibility index (Phi) is 6.52. The number of nitrogens with zero attached hydrogens (tertiary/aromatic N) is 2. The quantitative estimate of drug-likeness (QED) is 0.551. The molecule has 0 radical (unpaired) electrons. The number of hydrogen-bond acceptors (Lipinski definition) is 8. The fraction of sp³-hybridized carbons (Fsp3) is 0.231. The van der Waals surface area contributed by atoms with Crippen molar-refractivity contribution in [2.75, 3.05) is 32.5 Å². The second-order valence-corrected chi connectivity index (χ2v) is 8.10. The third-order valence-corrected chi connectivity index (χ3v) is 5.77. The summed E-state index contributed by atoms with van der Waals surface area (Å²) in [6.07, 6.45) is 0. The van der Waals surface area contributed by atoms with E-state index < -0.39 is 17.9 Å². The lowest BCUT2D eigenvalue weighted by Gasteiger charge is -2.31. The predicted molar refractivity (Wildman–Crippen MR) is 128 cm³/mol. The Balaban J connectivity index is 1.87. The number of benzene rings is 2. The number of carboxylic acid groups (broad SMARTS) is 1. The van der Waals surface area contributed by atoms with Gasteiger partial charge >= 0.3 is 17.9 Å². The third kappa shape index (κ3) is 4.45. The molecule has 180 valence electrons. The van der Waals surface area contributed by atoms with Gasteiger partial charge in [-0.3, -0.25) is 0 Å². The van der Waals surface area contributed by atoms with E-state index in [0.29, 0.717) is 27.8 Å². The van der Waals surface area contributed by atoms with Crippen LogP contribution in [0, 0.1) is 13.8 Å². The van der Waals surface area contributed by atoms with E-state index in [-0.39, 0.29) is 30.2 Å². The first kappa shape index (κ1) is 23.9. The SMILES string of the molecule is COC(=O)C1=C(C(=O)OC)N(c2cccc(-c3cc(C(=O)O)c4cc(C)cc(C)c4n3)c2)COC1. The van der Waals surface area contributed by atoms with Crippen molar-refractivity contribution in [2.45, 2.75) is 13.8 Å². The molecule has 1 aliphatic heterocycles. The normalized spacial score (nSPS) is 13.7. The molecule has 4 rings (SSSR count). The van der Waals surface area contributed by atoms with Crippen LogP contribution in [-0.4, -0.2) is 55.6 Å². The second-order valence-electron chi connectivity index (χ2n) is 8.10. The van der Waals surface area contributed by atoms with Crippen LogP contribution in [0.2, 0.25) is 0 Å². The van der Waals surface area contributed by atoms with Crippen molar-refractivity contribution in [1.82, 2.24) is 4.98 Å². The summed E-state index contributed by atoms with van der Waals surface area (Å²) in [5.41, 5.74) is 4.23. The Morgan fingerprint density at radius 1 is 1.03 bits per heavy atom. The number of hydrogen-bond donors (Lipinski definition) is 1. The van der Waals surface area contributed by atoms with Crippen molar-refractivity contribution < 1.29 is 33.7 Å². The molecule has 3 aromatic rings. The second kappa shape index (κ2) is 9.55. The molecular weight excluding hydrogens is 452 g/mol. The van der Waals surface area contributed by atoms with Crippen LogP contribution in [-0.2, 0) is 23.8 Å². The van der Waals surface area contributed by atoms with Crippen LogP contribution in [0.3, 0.4) is 0 Å². The summed E-state index contributed by atoms with van der Waals surface area (Å²) in [5.74, 6) is -2.45. The van der Waals surface area contributed by atoms with Gasteiger partial charge in [0.2, 0.25) is 0 Å². The first-order valence-electron chi connectivity index (χ1n) is 10.8. The van der Waals surface area contributed by atoms with Crippen molar-refractivity contribution in [3.63, 3.8) is 0 Å². The van der Waals surface area contributed by atoms with Gasteiger partial charge in [-0.2, -0.15) is 0 Å². The lowest BCUT2D eigenvalue weighted by Crippen LogP contribution is -2.38. The molecule has 2 heterocycles. The highest BCUT2D eigenvalue weighted by Crippen LogP contribution is 2.32. The van der Waals surface area contributed by atoms with Crippen LogP contribution in [0.5, 0.6) is 0 Å². The minimum Gasteiger partial charge on any atom is -0.478 e.